The van der Waals surface area contributed by atoms with Gasteiger partial charge in [0.05, 0.1) is 11.7 Å². The number of aromatic nitrogens is 2. The van der Waals surface area contributed by atoms with Crippen LogP contribution in [0, 0.1) is 5.92 Å². The summed E-state index contributed by atoms with van der Waals surface area (Å²) in [6, 6.07) is 6.27. The van der Waals surface area contributed by atoms with Crippen LogP contribution < -0.4 is 5.32 Å². The van der Waals surface area contributed by atoms with Gasteiger partial charge in [-0.3, -0.25) is 5.10 Å². The van der Waals surface area contributed by atoms with Gasteiger partial charge in [-0.1, -0.05) is 38.2 Å². The number of aromatic amines is 1. The van der Waals surface area contributed by atoms with E-state index < -0.39 is 0 Å². The van der Waals surface area contributed by atoms with E-state index in [9.17, 15) is 0 Å². The quantitative estimate of drug-likeness (QED) is 0.853. The maximum absolute atomic E-state index is 4.09. The fourth-order valence-electron chi connectivity index (χ4n) is 3.01. The van der Waals surface area contributed by atoms with E-state index in [0.29, 0.717) is 0 Å². The van der Waals surface area contributed by atoms with Gasteiger partial charge < -0.3 is 5.32 Å². The first-order valence-electron chi connectivity index (χ1n) is 7.09. The van der Waals surface area contributed by atoms with Gasteiger partial charge in [0.2, 0.25) is 0 Å². The molecule has 3 heteroatoms. The normalized spacial score (nSPS) is 17.1. The van der Waals surface area contributed by atoms with Crippen molar-refractivity contribution in [3.8, 4) is 0 Å². The highest BCUT2D eigenvalue weighted by atomic mass is 15.1. The van der Waals surface area contributed by atoms with Crippen molar-refractivity contribution in [2.24, 2.45) is 5.92 Å². The molecule has 1 heterocycles. The summed E-state index contributed by atoms with van der Waals surface area (Å²) in [4.78, 5) is 0. The number of nitrogens with one attached hydrogen (secondary N) is 2. The van der Waals surface area contributed by atoms with Gasteiger partial charge in [-0.2, -0.15) is 5.10 Å². The molecule has 0 atom stereocenters. The third-order valence-corrected chi connectivity index (χ3v) is 4.08. The third kappa shape index (κ3) is 2.50. The van der Waals surface area contributed by atoms with Crippen LogP contribution in [0.15, 0.2) is 24.4 Å². The lowest BCUT2D eigenvalue weighted by atomic mass is 9.87. The molecule has 18 heavy (non-hydrogen) atoms. The van der Waals surface area contributed by atoms with E-state index in [1.165, 1.54) is 49.6 Å². The molecular weight excluding hydrogens is 222 g/mol. The van der Waals surface area contributed by atoms with Crippen molar-refractivity contribution in [3.63, 3.8) is 0 Å². The average molecular weight is 243 g/mol. The van der Waals surface area contributed by atoms with Crippen LogP contribution in [0.4, 0.5) is 5.69 Å². The largest absolute Gasteiger partial charge is 0.384 e. The van der Waals surface area contributed by atoms with Gasteiger partial charge >= 0.3 is 0 Å². The van der Waals surface area contributed by atoms with Crippen LogP contribution in [0.2, 0.25) is 0 Å². The Balaban J connectivity index is 1.57. The van der Waals surface area contributed by atoms with Crippen LogP contribution >= 0.6 is 0 Å². The van der Waals surface area contributed by atoms with E-state index in [0.717, 1.165) is 18.0 Å². The van der Waals surface area contributed by atoms with E-state index in [1.807, 2.05) is 6.20 Å². The number of hydrogen-bond acceptors (Lipinski definition) is 2. The van der Waals surface area contributed by atoms with E-state index in [-0.39, 0.29) is 0 Å². The molecule has 0 aliphatic heterocycles. The molecule has 0 spiro atoms. The average Bonchev–Trinajstić information content (AvgIpc) is 2.89. The van der Waals surface area contributed by atoms with E-state index in [1.54, 1.807) is 0 Å². The Bertz CT molecular complexity index is 497. The molecule has 1 aromatic heterocycles. The first kappa shape index (κ1) is 11.6. The van der Waals surface area contributed by atoms with Gasteiger partial charge in [0.15, 0.2) is 0 Å². The second kappa shape index (κ2) is 5.42. The molecule has 1 aliphatic rings. The first-order chi connectivity index (χ1) is 8.93. The fraction of sp³-hybridized carbons (Fsp3) is 0.533. The number of H-pyrrole nitrogens is 1. The van der Waals surface area contributed by atoms with E-state index in [2.05, 4.69) is 33.7 Å². The minimum atomic E-state index is 0.940. The van der Waals surface area contributed by atoms with Crippen molar-refractivity contribution in [3.05, 3.63) is 24.4 Å². The molecule has 96 valence electrons. The molecule has 3 rings (SSSR count). The minimum absolute atomic E-state index is 0.940. The lowest BCUT2D eigenvalue weighted by Crippen LogP contribution is -2.12. The molecule has 1 fully saturated rings. The number of anilines is 1. The number of nitrogens with zero attached hydrogens (tertiary/aromatic N) is 1. The van der Waals surface area contributed by atoms with E-state index >= 15 is 0 Å². The third-order valence-electron chi connectivity index (χ3n) is 4.08. The van der Waals surface area contributed by atoms with Crippen LogP contribution in [0.25, 0.3) is 10.9 Å². The van der Waals surface area contributed by atoms with E-state index in [4.69, 9.17) is 0 Å². The highest BCUT2D eigenvalue weighted by Gasteiger charge is 2.12. The highest BCUT2D eigenvalue weighted by molar-refractivity contribution is 5.90. The maximum atomic E-state index is 4.09. The molecule has 1 saturated carbocycles. The first-order valence-corrected chi connectivity index (χ1v) is 7.09. The van der Waals surface area contributed by atoms with Crippen molar-refractivity contribution in [2.75, 3.05) is 11.9 Å². The summed E-state index contributed by atoms with van der Waals surface area (Å²) in [5.74, 6) is 0.940. The van der Waals surface area contributed by atoms with Crippen LogP contribution in [0.3, 0.4) is 0 Å². The summed E-state index contributed by atoms with van der Waals surface area (Å²) in [5, 5.41) is 11.9. The van der Waals surface area contributed by atoms with Crippen molar-refractivity contribution in [1.82, 2.24) is 10.2 Å². The van der Waals surface area contributed by atoms with Crippen molar-refractivity contribution >= 4 is 16.6 Å². The van der Waals surface area contributed by atoms with Gasteiger partial charge in [-0.25, -0.2) is 0 Å². The Morgan fingerprint density at radius 1 is 1.22 bits per heavy atom. The Kier molecular flexibility index (Phi) is 3.49. The second-order valence-electron chi connectivity index (χ2n) is 5.36. The number of fused-ring (bicyclic) bond motifs is 1. The van der Waals surface area contributed by atoms with Crippen molar-refractivity contribution in [1.29, 1.82) is 0 Å². The maximum Gasteiger partial charge on any atom is 0.0671 e. The van der Waals surface area contributed by atoms with Crippen LogP contribution in [-0.2, 0) is 0 Å². The molecule has 0 unspecified atom stereocenters. The summed E-state index contributed by atoms with van der Waals surface area (Å²) < 4.78 is 0. The molecule has 1 aliphatic carbocycles. The number of benzene rings is 1. The van der Waals surface area contributed by atoms with Crippen molar-refractivity contribution in [2.45, 2.75) is 38.5 Å². The van der Waals surface area contributed by atoms with Gasteiger partial charge in [-0.15, -0.1) is 0 Å². The smallest absolute Gasteiger partial charge is 0.0671 e. The van der Waals surface area contributed by atoms with Gasteiger partial charge in [0.1, 0.15) is 0 Å². The number of rotatable bonds is 4. The summed E-state index contributed by atoms with van der Waals surface area (Å²) in [6.07, 6.45) is 10.4. The standard InChI is InChI=1S/C15H21N3/c1-2-5-12(6-3-1)9-10-16-14-7-4-8-15-13(14)11-17-18-15/h4,7-8,11-12,16H,1-3,5-6,9-10H2,(H,17,18). The molecule has 2 aromatic rings. The topological polar surface area (TPSA) is 40.7 Å². The monoisotopic (exact) mass is 243 g/mol. The lowest BCUT2D eigenvalue weighted by Gasteiger charge is -2.21. The second-order valence-corrected chi connectivity index (χ2v) is 5.36. The summed E-state index contributed by atoms with van der Waals surface area (Å²) in [6.45, 7) is 1.08. The summed E-state index contributed by atoms with van der Waals surface area (Å²) in [5.41, 5.74) is 2.31. The zero-order valence-electron chi connectivity index (χ0n) is 10.8. The Morgan fingerprint density at radius 2 is 2.11 bits per heavy atom. The van der Waals surface area contributed by atoms with Crippen LogP contribution in [0.1, 0.15) is 38.5 Å². The molecule has 1 aromatic carbocycles. The molecular formula is C15H21N3. The molecule has 0 bridgehead atoms. The minimum Gasteiger partial charge on any atom is -0.384 e. The molecule has 2 N–H and O–H groups in total. The molecule has 0 amide bonds. The van der Waals surface area contributed by atoms with Gasteiger partial charge in [0.25, 0.3) is 0 Å². The fourth-order valence-corrected chi connectivity index (χ4v) is 3.01. The summed E-state index contributed by atoms with van der Waals surface area (Å²) >= 11 is 0. The molecule has 3 nitrogen and oxygen atoms in total. The predicted octanol–water partition coefficient (Wildman–Crippen LogP) is 3.95. The summed E-state index contributed by atoms with van der Waals surface area (Å²) in [7, 11) is 0. The molecule has 0 saturated heterocycles. The lowest BCUT2D eigenvalue weighted by molar-refractivity contribution is 0.345. The zero-order chi connectivity index (χ0) is 12.2. The van der Waals surface area contributed by atoms with Crippen LogP contribution in [-0.4, -0.2) is 16.7 Å². The molecule has 0 radical (unpaired) electrons. The van der Waals surface area contributed by atoms with Gasteiger partial charge in [0, 0.05) is 17.6 Å². The zero-order valence-corrected chi connectivity index (χ0v) is 10.8. The SMILES string of the molecule is c1cc(NCCC2CCCCC2)c2cn[nH]c2c1. The Morgan fingerprint density at radius 3 is 3.00 bits per heavy atom. The van der Waals surface area contributed by atoms with Crippen LogP contribution in [0.5, 0.6) is 0 Å². The van der Waals surface area contributed by atoms with Crippen molar-refractivity contribution < 1.29 is 0 Å². The Labute approximate surface area is 108 Å². The Hall–Kier alpha value is -1.51. The predicted molar refractivity (Wildman–Crippen MR) is 75.8 cm³/mol. The number of hydrogen-bond donors (Lipinski definition) is 2. The van der Waals surface area contributed by atoms with Gasteiger partial charge in [-0.05, 0) is 24.5 Å². The highest BCUT2D eigenvalue weighted by Crippen LogP contribution is 2.27.